The first-order valence-electron chi connectivity index (χ1n) is 6.20. The summed E-state index contributed by atoms with van der Waals surface area (Å²) in [5, 5.41) is 11.6. The quantitative estimate of drug-likeness (QED) is 0.771. The second-order valence-corrected chi connectivity index (χ2v) is 4.36. The van der Waals surface area contributed by atoms with Gasteiger partial charge in [0.15, 0.2) is 0 Å². The highest BCUT2D eigenvalue weighted by atomic mass is 16.5. The smallest absolute Gasteiger partial charge is 0.249 e. The lowest BCUT2D eigenvalue weighted by atomic mass is 10.2. The van der Waals surface area contributed by atoms with E-state index in [1.54, 1.807) is 6.92 Å². The third-order valence-electron chi connectivity index (χ3n) is 2.66. The minimum atomic E-state index is -0.494. The van der Waals surface area contributed by atoms with E-state index in [-0.39, 0.29) is 18.6 Å². The van der Waals surface area contributed by atoms with Gasteiger partial charge in [-0.1, -0.05) is 30.3 Å². The highest BCUT2D eigenvalue weighted by Gasteiger charge is 2.15. The van der Waals surface area contributed by atoms with Crippen molar-refractivity contribution in [3.05, 3.63) is 35.9 Å². The minimum absolute atomic E-state index is 0.0368. The summed E-state index contributed by atoms with van der Waals surface area (Å²) in [6.45, 7) is 4.08. The maximum atomic E-state index is 11.7. The van der Waals surface area contributed by atoms with Gasteiger partial charge in [-0.3, -0.25) is 4.79 Å². The minimum Gasteiger partial charge on any atom is -0.396 e. The Morgan fingerprint density at radius 2 is 2.00 bits per heavy atom. The fourth-order valence-electron chi connectivity index (χ4n) is 1.50. The van der Waals surface area contributed by atoms with Crippen molar-refractivity contribution >= 4 is 5.91 Å². The largest absolute Gasteiger partial charge is 0.396 e. The molecule has 2 atom stereocenters. The fraction of sp³-hybridized carbons (Fsp3) is 0.500. The zero-order valence-corrected chi connectivity index (χ0v) is 10.9. The van der Waals surface area contributed by atoms with Gasteiger partial charge in [-0.25, -0.2) is 0 Å². The molecule has 0 aromatic heterocycles. The summed E-state index contributed by atoms with van der Waals surface area (Å²) in [5.74, 6) is -0.146. The molecule has 0 aliphatic carbocycles. The Morgan fingerprint density at radius 1 is 1.33 bits per heavy atom. The molecule has 0 bridgehead atoms. The lowest BCUT2D eigenvalue weighted by Gasteiger charge is -2.17. The van der Waals surface area contributed by atoms with Gasteiger partial charge in [-0.2, -0.15) is 0 Å². The number of amides is 1. The molecular formula is C14H21NO3. The van der Waals surface area contributed by atoms with Gasteiger partial charge in [-0.15, -0.1) is 0 Å². The van der Waals surface area contributed by atoms with E-state index in [0.717, 1.165) is 5.56 Å². The summed E-state index contributed by atoms with van der Waals surface area (Å²) in [6, 6.07) is 9.69. The Balaban J connectivity index is 2.32. The first-order chi connectivity index (χ1) is 8.63. The third-order valence-corrected chi connectivity index (χ3v) is 2.66. The standard InChI is InChI=1S/C14H21NO3/c1-11(8-9-16)15-14(17)12(2)18-10-13-6-4-3-5-7-13/h3-7,11-12,16H,8-10H2,1-2H3,(H,15,17). The van der Waals surface area contributed by atoms with Crippen LogP contribution in [0.4, 0.5) is 0 Å². The normalized spacial score (nSPS) is 13.9. The molecule has 4 heteroatoms. The van der Waals surface area contributed by atoms with Crippen molar-refractivity contribution in [2.45, 2.75) is 39.0 Å². The lowest BCUT2D eigenvalue weighted by Crippen LogP contribution is -2.40. The van der Waals surface area contributed by atoms with E-state index in [0.29, 0.717) is 13.0 Å². The van der Waals surface area contributed by atoms with Crippen molar-refractivity contribution in [2.24, 2.45) is 0 Å². The van der Waals surface area contributed by atoms with Gasteiger partial charge in [0.2, 0.25) is 5.91 Å². The van der Waals surface area contributed by atoms with Gasteiger partial charge in [-0.05, 0) is 25.8 Å². The topological polar surface area (TPSA) is 58.6 Å². The van der Waals surface area contributed by atoms with Crippen molar-refractivity contribution in [1.29, 1.82) is 0 Å². The fourth-order valence-corrected chi connectivity index (χ4v) is 1.50. The number of hydrogen-bond donors (Lipinski definition) is 2. The first kappa shape index (κ1) is 14.7. The van der Waals surface area contributed by atoms with E-state index in [1.165, 1.54) is 0 Å². The van der Waals surface area contributed by atoms with Crippen LogP contribution in [0.3, 0.4) is 0 Å². The number of hydrogen-bond acceptors (Lipinski definition) is 3. The SMILES string of the molecule is CC(CCO)NC(=O)C(C)OCc1ccccc1. The molecule has 1 rings (SSSR count). The Hall–Kier alpha value is -1.39. The van der Waals surface area contributed by atoms with Crippen LogP contribution >= 0.6 is 0 Å². The molecule has 0 saturated carbocycles. The average molecular weight is 251 g/mol. The lowest BCUT2D eigenvalue weighted by molar-refractivity contribution is -0.133. The molecule has 2 N–H and O–H groups in total. The van der Waals surface area contributed by atoms with Crippen molar-refractivity contribution in [2.75, 3.05) is 6.61 Å². The molecule has 100 valence electrons. The Kier molecular flexibility index (Phi) is 6.39. The summed E-state index contributed by atoms with van der Waals surface area (Å²) in [7, 11) is 0. The molecule has 0 fully saturated rings. The van der Waals surface area contributed by atoms with Gasteiger partial charge in [0.05, 0.1) is 6.61 Å². The van der Waals surface area contributed by atoms with Crippen molar-refractivity contribution in [3.8, 4) is 0 Å². The number of aliphatic hydroxyl groups excluding tert-OH is 1. The van der Waals surface area contributed by atoms with Crippen LogP contribution in [-0.4, -0.2) is 29.8 Å². The molecule has 0 heterocycles. The highest BCUT2D eigenvalue weighted by Crippen LogP contribution is 2.03. The predicted molar refractivity (Wildman–Crippen MR) is 70.0 cm³/mol. The highest BCUT2D eigenvalue weighted by molar-refractivity contribution is 5.80. The van der Waals surface area contributed by atoms with Crippen LogP contribution in [0.15, 0.2) is 30.3 Å². The van der Waals surface area contributed by atoms with Gasteiger partial charge in [0, 0.05) is 12.6 Å². The predicted octanol–water partition coefficient (Wildman–Crippen LogP) is 1.48. The first-order valence-corrected chi connectivity index (χ1v) is 6.20. The third kappa shape index (κ3) is 5.29. The average Bonchev–Trinajstić information content (AvgIpc) is 2.37. The molecule has 2 unspecified atom stereocenters. The summed E-state index contributed by atoms with van der Waals surface area (Å²) in [6.07, 6.45) is 0.0586. The van der Waals surface area contributed by atoms with Crippen LogP contribution in [0.1, 0.15) is 25.8 Å². The van der Waals surface area contributed by atoms with E-state index in [2.05, 4.69) is 5.32 Å². The van der Waals surface area contributed by atoms with Gasteiger partial charge < -0.3 is 15.2 Å². The molecular weight excluding hydrogens is 230 g/mol. The van der Waals surface area contributed by atoms with Crippen LogP contribution in [0.2, 0.25) is 0 Å². The second kappa shape index (κ2) is 7.84. The van der Waals surface area contributed by atoms with Crippen LogP contribution < -0.4 is 5.32 Å². The monoisotopic (exact) mass is 251 g/mol. The number of ether oxygens (including phenoxy) is 1. The molecule has 0 aliphatic rings. The summed E-state index contributed by atoms with van der Waals surface area (Å²) < 4.78 is 5.49. The molecule has 1 amide bonds. The number of benzene rings is 1. The van der Waals surface area contributed by atoms with Crippen molar-refractivity contribution < 1.29 is 14.6 Å². The molecule has 18 heavy (non-hydrogen) atoms. The van der Waals surface area contributed by atoms with Crippen molar-refractivity contribution in [1.82, 2.24) is 5.32 Å². The van der Waals surface area contributed by atoms with E-state index in [4.69, 9.17) is 9.84 Å². The van der Waals surface area contributed by atoms with Gasteiger partial charge >= 0.3 is 0 Å². The van der Waals surface area contributed by atoms with Crippen LogP contribution in [-0.2, 0) is 16.1 Å². The Bertz CT molecular complexity index is 353. The zero-order valence-electron chi connectivity index (χ0n) is 10.9. The van der Waals surface area contributed by atoms with E-state index in [9.17, 15) is 4.79 Å². The zero-order chi connectivity index (χ0) is 13.4. The number of aliphatic hydroxyl groups is 1. The number of nitrogens with one attached hydrogen (secondary N) is 1. The van der Waals surface area contributed by atoms with Crippen LogP contribution in [0.5, 0.6) is 0 Å². The second-order valence-electron chi connectivity index (χ2n) is 4.36. The maximum Gasteiger partial charge on any atom is 0.249 e. The molecule has 4 nitrogen and oxygen atoms in total. The van der Waals surface area contributed by atoms with E-state index < -0.39 is 6.10 Å². The summed E-state index contributed by atoms with van der Waals surface area (Å²) in [4.78, 5) is 11.7. The van der Waals surface area contributed by atoms with Crippen LogP contribution in [0, 0.1) is 0 Å². The van der Waals surface area contributed by atoms with E-state index >= 15 is 0 Å². The molecule has 0 aliphatic heterocycles. The number of carbonyl (C=O) groups is 1. The molecule has 0 saturated heterocycles. The molecule has 0 spiro atoms. The maximum absolute atomic E-state index is 11.7. The molecule has 0 radical (unpaired) electrons. The van der Waals surface area contributed by atoms with Gasteiger partial charge in [0.25, 0.3) is 0 Å². The van der Waals surface area contributed by atoms with Gasteiger partial charge in [0.1, 0.15) is 6.10 Å². The van der Waals surface area contributed by atoms with E-state index in [1.807, 2.05) is 37.3 Å². The number of carbonyl (C=O) groups excluding carboxylic acids is 1. The van der Waals surface area contributed by atoms with Crippen molar-refractivity contribution in [3.63, 3.8) is 0 Å². The summed E-state index contributed by atoms with van der Waals surface area (Å²) in [5.41, 5.74) is 1.04. The number of rotatable bonds is 7. The Labute approximate surface area is 108 Å². The molecule has 1 aromatic rings. The molecule has 1 aromatic carbocycles. The van der Waals surface area contributed by atoms with Crippen LogP contribution in [0.25, 0.3) is 0 Å². The Morgan fingerprint density at radius 3 is 2.61 bits per heavy atom. The summed E-state index contributed by atoms with van der Waals surface area (Å²) >= 11 is 0.